The number of hydrogen-bond donors (Lipinski definition) is 1. The highest BCUT2D eigenvalue weighted by Gasteiger charge is 2.22. The summed E-state index contributed by atoms with van der Waals surface area (Å²) < 4.78 is 2.15. The van der Waals surface area contributed by atoms with Crippen LogP contribution in [0.4, 0.5) is 5.69 Å². The molecule has 0 fully saturated rings. The van der Waals surface area contributed by atoms with Gasteiger partial charge in [-0.3, -0.25) is 9.69 Å². The lowest BCUT2D eigenvalue weighted by atomic mass is 10.2. The molecule has 1 atom stereocenters. The van der Waals surface area contributed by atoms with Crippen LogP contribution in [0.5, 0.6) is 0 Å². The highest BCUT2D eigenvalue weighted by atomic mass is 35.5. The molecule has 0 bridgehead atoms. The second kappa shape index (κ2) is 11.0. The van der Waals surface area contributed by atoms with Crippen molar-refractivity contribution in [1.29, 1.82) is 0 Å². The molecule has 0 radical (unpaired) electrons. The fourth-order valence-electron chi connectivity index (χ4n) is 2.86. The summed E-state index contributed by atoms with van der Waals surface area (Å²) in [4.78, 5) is 14.5. The summed E-state index contributed by atoms with van der Waals surface area (Å²) in [7, 11) is 4.09. The summed E-state index contributed by atoms with van der Waals surface area (Å²) in [5.41, 5.74) is 0.617. The molecule has 28 heavy (non-hydrogen) atoms. The molecule has 9 heteroatoms. The molecular formula is C19H27Cl2N5OS. The van der Waals surface area contributed by atoms with Gasteiger partial charge in [0.1, 0.15) is 0 Å². The highest BCUT2D eigenvalue weighted by Crippen LogP contribution is 2.27. The molecular weight excluding hydrogens is 417 g/mol. The van der Waals surface area contributed by atoms with E-state index in [1.165, 1.54) is 11.8 Å². The van der Waals surface area contributed by atoms with E-state index in [0.29, 0.717) is 15.7 Å². The van der Waals surface area contributed by atoms with Crippen molar-refractivity contribution in [3.8, 4) is 0 Å². The Morgan fingerprint density at radius 3 is 2.61 bits per heavy atom. The van der Waals surface area contributed by atoms with Crippen molar-refractivity contribution >= 4 is 46.6 Å². The molecule has 1 N–H and O–H groups in total. The summed E-state index contributed by atoms with van der Waals surface area (Å²) in [5.74, 6) is 1.06. The van der Waals surface area contributed by atoms with E-state index in [0.717, 1.165) is 36.8 Å². The zero-order valence-electron chi connectivity index (χ0n) is 16.7. The van der Waals surface area contributed by atoms with Crippen molar-refractivity contribution in [2.24, 2.45) is 0 Å². The maximum atomic E-state index is 12.3. The molecule has 1 aromatic heterocycles. The predicted octanol–water partition coefficient (Wildman–Crippen LogP) is 5.13. The van der Waals surface area contributed by atoms with Gasteiger partial charge in [0.15, 0.2) is 11.0 Å². The van der Waals surface area contributed by atoms with Crippen LogP contribution >= 0.6 is 35.0 Å². The molecule has 0 saturated heterocycles. The van der Waals surface area contributed by atoms with Gasteiger partial charge in [0.2, 0.25) is 5.91 Å². The fraction of sp³-hybridized carbons (Fsp3) is 0.526. The van der Waals surface area contributed by atoms with E-state index >= 15 is 0 Å². The molecule has 0 saturated carbocycles. The Morgan fingerprint density at radius 1 is 1.25 bits per heavy atom. The molecule has 2 aromatic rings. The minimum Gasteiger partial charge on any atom is -0.325 e. The van der Waals surface area contributed by atoms with Crippen LogP contribution in [0.3, 0.4) is 0 Å². The number of nitrogens with zero attached hydrogens (tertiary/aromatic N) is 4. The van der Waals surface area contributed by atoms with Crippen molar-refractivity contribution in [3.63, 3.8) is 0 Å². The average molecular weight is 444 g/mol. The van der Waals surface area contributed by atoms with E-state index in [9.17, 15) is 4.79 Å². The Bertz CT molecular complexity index is 797. The number of aromatic nitrogens is 3. The smallest absolute Gasteiger partial charge is 0.234 e. The van der Waals surface area contributed by atoms with Crippen LogP contribution in [-0.4, -0.2) is 45.4 Å². The Hall–Kier alpha value is -1.28. The number of amides is 1. The first-order chi connectivity index (χ1) is 13.4. The second-order valence-electron chi connectivity index (χ2n) is 6.70. The lowest BCUT2D eigenvalue weighted by Crippen LogP contribution is -2.23. The molecule has 2 rings (SSSR count). The third kappa shape index (κ3) is 6.11. The molecule has 0 aliphatic rings. The van der Waals surface area contributed by atoms with Crippen molar-refractivity contribution in [2.75, 3.05) is 25.2 Å². The van der Waals surface area contributed by atoms with Crippen molar-refractivity contribution in [2.45, 2.75) is 50.9 Å². The van der Waals surface area contributed by atoms with E-state index in [-0.39, 0.29) is 17.7 Å². The quantitative estimate of drug-likeness (QED) is 0.515. The maximum absolute atomic E-state index is 12.3. The maximum Gasteiger partial charge on any atom is 0.234 e. The highest BCUT2D eigenvalue weighted by molar-refractivity contribution is 7.99. The molecule has 154 valence electrons. The summed E-state index contributed by atoms with van der Waals surface area (Å²) in [6, 6.07) is 5.22. The van der Waals surface area contributed by atoms with Crippen LogP contribution in [0, 0.1) is 0 Å². The van der Waals surface area contributed by atoms with Crippen molar-refractivity contribution in [3.05, 3.63) is 34.1 Å². The fourth-order valence-corrected chi connectivity index (χ4v) is 3.93. The van der Waals surface area contributed by atoms with E-state index in [1.54, 1.807) is 18.2 Å². The largest absolute Gasteiger partial charge is 0.325 e. The normalized spacial score (nSPS) is 12.4. The lowest BCUT2D eigenvalue weighted by molar-refractivity contribution is -0.113. The van der Waals surface area contributed by atoms with Crippen LogP contribution in [0.1, 0.15) is 45.0 Å². The van der Waals surface area contributed by atoms with Gasteiger partial charge in [0.05, 0.1) is 21.8 Å². The van der Waals surface area contributed by atoms with Gasteiger partial charge in [-0.05, 0) is 45.1 Å². The minimum absolute atomic E-state index is 0.130. The molecule has 6 nitrogen and oxygen atoms in total. The first-order valence-electron chi connectivity index (χ1n) is 9.34. The molecule has 0 aliphatic carbocycles. The van der Waals surface area contributed by atoms with Crippen LogP contribution in [-0.2, 0) is 11.3 Å². The number of thioether (sulfide) groups is 1. The van der Waals surface area contributed by atoms with E-state index in [2.05, 4.69) is 38.8 Å². The van der Waals surface area contributed by atoms with E-state index in [1.807, 2.05) is 14.1 Å². The standard InChI is InChI=1S/C19H27Cl2N5OS/c1-5-7-10-26-18(16(6-2)25(3)4)23-24-19(26)28-12-17(27)22-13-8-9-14(20)15(21)11-13/h8-9,11,16H,5-7,10,12H2,1-4H3,(H,22,27). The summed E-state index contributed by atoms with van der Waals surface area (Å²) in [6.07, 6.45) is 3.07. The molecule has 1 amide bonds. The number of rotatable bonds is 10. The van der Waals surface area contributed by atoms with Gasteiger partial charge >= 0.3 is 0 Å². The van der Waals surface area contributed by atoms with Crippen LogP contribution in [0.15, 0.2) is 23.4 Å². The number of carbonyl (C=O) groups is 1. The summed E-state index contributed by atoms with van der Waals surface area (Å²) in [6.45, 7) is 5.14. The van der Waals surface area contributed by atoms with Crippen LogP contribution < -0.4 is 5.32 Å². The molecule has 1 heterocycles. The summed E-state index contributed by atoms with van der Waals surface area (Å²) in [5, 5.41) is 13.3. The second-order valence-corrected chi connectivity index (χ2v) is 8.46. The zero-order chi connectivity index (χ0) is 20.7. The Morgan fingerprint density at radius 2 is 2.00 bits per heavy atom. The van der Waals surface area contributed by atoms with Crippen molar-refractivity contribution < 1.29 is 4.79 Å². The monoisotopic (exact) mass is 443 g/mol. The summed E-state index contributed by atoms with van der Waals surface area (Å²) >= 11 is 13.3. The van der Waals surface area contributed by atoms with Gasteiger partial charge in [-0.2, -0.15) is 0 Å². The first-order valence-corrected chi connectivity index (χ1v) is 11.1. The van der Waals surface area contributed by atoms with Gasteiger partial charge in [0.25, 0.3) is 0 Å². The van der Waals surface area contributed by atoms with Gasteiger partial charge in [0, 0.05) is 12.2 Å². The van der Waals surface area contributed by atoms with Gasteiger partial charge in [-0.15, -0.1) is 10.2 Å². The van der Waals surface area contributed by atoms with E-state index in [4.69, 9.17) is 23.2 Å². The van der Waals surface area contributed by atoms with Gasteiger partial charge in [-0.1, -0.05) is 55.2 Å². The topological polar surface area (TPSA) is 63.1 Å². The Kier molecular flexibility index (Phi) is 9.08. The van der Waals surface area contributed by atoms with Gasteiger partial charge in [-0.25, -0.2) is 0 Å². The molecule has 0 aliphatic heterocycles. The minimum atomic E-state index is -0.130. The van der Waals surface area contributed by atoms with Crippen LogP contribution in [0.2, 0.25) is 10.0 Å². The third-order valence-corrected chi connectivity index (χ3v) is 6.03. The number of nitrogens with one attached hydrogen (secondary N) is 1. The number of halogens is 2. The van der Waals surface area contributed by atoms with Crippen LogP contribution in [0.25, 0.3) is 0 Å². The predicted molar refractivity (Wildman–Crippen MR) is 117 cm³/mol. The number of anilines is 1. The molecule has 1 aromatic carbocycles. The lowest BCUT2D eigenvalue weighted by Gasteiger charge is -2.23. The van der Waals surface area contributed by atoms with Gasteiger partial charge < -0.3 is 9.88 Å². The Labute approximate surface area is 181 Å². The SMILES string of the molecule is CCCCn1c(SCC(=O)Nc2ccc(Cl)c(Cl)c2)nnc1C(CC)N(C)C. The average Bonchev–Trinajstić information content (AvgIpc) is 3.04. The molecule has 1 unspecified atom stereocenters. The van der Waals surface area contributed by atoms with E-state index < -0.39 is 0 Å². The number of benzene rings is 1. The number of carbonyl (C=O) groups excluding carboxylic acids is 1. The first kappa shape index (κ1) is 23.0. The number of hydrogen-bond acceptors (Lipinski definition) is 5. The number of unbranched alkanes of at least 4 members (excludes halogenated alkanes) is 1. The Balaban J connectivity index is 2.08. The van der Waals surface area contributed by atoms with Crippen molar-refractivity contribution in [1.82, 2.24) is 19.7 Å². The third-order valence-electron chi connectivity index (χ3n) is 4.32. The molecule has 0 spiro atoms. The zero-order valence-corrected chi connectivity index (χ0v) is 19.0.